The lowest BCUT2D eigenvalue weighted by Crippen LogP contribution is -2.33. The zero-order chi connectivity index (χ0) is 17.7. The number of carbonyl (C=O) groups is 1. The van der Waals surface area contributed by atoms with Crippen LogP contribution in [-0.4, -0.2) is 41.7 Å². The summed E-state index contributed by atoms with van der Waals surface area (Å²) in [6.07, 6.45) is 0.797. The standard InChI is InChI=1S/C17H23N5O2/c1-11-7-12(2)9-13(8-11)14(23)10-19-17(24)21-16-18-6-5-15(20-16)22(3)4/h5-9,14,23H,10H2,1-4H3,(H2,18,19,20,21,24). The van der Waals surface area contributed by atoms with E-state index in [-0.39, 0.29) is 12.5 Å². The van der Waals surface area contributed by atoms with Crippen LogP contribution in [-0.2, 0) is 0 Å². The van der Waals surface area contributed by atoms with Crippen molar-refractivity contribution in [3.05, 3.63) is 47.2 Å². The number of benzene rings is 1. The quantitative estimate of drug-likeness (QED) is 0.781. The minimum absolute atomic E-state index is 0.0993. The van der Waals surface area contributed by atoms with E-state index in [1.165, 1.54) is 0 Å². The van der Waals surface area contributed by atoms with Gasteiger partial charge < -0.3 is 15.3 Å². The third-order valence-corrected chi connectivity index (χ3v) is 3.41. The van der Waals surface area contributed by atoms with Crippen LogP contribution in [0.3, 0.4) is 0 Å². The maximum Gasteiger partial charge on any atom is 0.321 e. The largest absolute Gasteiger partial charge is 0.387 e. The van der Waals surface area contributed by atoms with Gasteiger partial charge >= 0.3 is 6.03 Å². The molecule has 1 heterocycles. The lowest BCUT2D eigenvalue weighted by molar-refractivity contribution is 0.175. The van der Waals surface area contributed by atoms with Crippen molar-refractivity contribution in [2.45, 2.75) is 20.0 Å². The summed E-state index contributed by atoms with van der Waals surface area (Å²) in [7, 11) is 3.71. The van der Waals surface area contributed by atoms with Gasteiger partial charge in [-0.05, 0) is 25.5 Å². The first-order valence-electron chi connectivity index (χ1n) is 7.66. The summed E-state index contributed by atoms with van der Waals surface area (Å²) >= 11 is 0. The number of nitrogens with one attached hydrogen (secondary N) is 2. The predicted octanol–water partition coefficient (Wildman–Crippen LogP) is 2.01. The number of aryl methyl sites for hydroxylation is 2. The van der Waals surface area contributed by atoms with Crippen LogP contribution in [0, 0.1) is 13.8 Å². The van der Waals surface area contributed by atoms with Crippen molar-refractivity contribution < 1.29 is 9.90 Å². The van der Waals surface area contributed by atoms with Gasteiger partial charge in [-0.2, -0.15) is 4.98 Å². The highest BCUT2D eigenvalue weighted by Crippen LogP contribution is 2.16. The molecule has 128 valence electrons. The fourth-order valence-corrected chi connectivity index (χ4v) is 2.31. The first kappa shape index (κ1) is 17.7. The van der Waals surface area contributed by atoms with E-state index < -0.39 is 12.1 Å². The van der Waals surface area contributed by atoms with Crippen LogP contribution in [0.4, 0.5) is 16.6 Å². The molecule has 2 amide bonds. The van der Waals surface area contributed by atoms with Crippen LogP contribution in [0.15, 0.2) is 30.5 Å². The molecule has 2 rings (SSSR count). The van der Waals surface area contributed by atoms with Crippen LogP contribution in [0.25, 0.3) is 0 Å². The van der Waals surface area contributed by atoms with Crippen LogP contribution in [0.1, 0.15) is 22.8 Å². The summed E-state index contributed by atoms with van der Waals surface area (Å²) in [6, 6.07) is 7.12. The second-order valence-electron chi connectivity index (χ2n) is 5.90. The second kappa shape index (κ2) is 7.74. The van der Waals surface area contributed by atoms with Crippen LogP contribution in [0.2, 0.25) is 0 Å². The zero-order valence-electron chi connectivity index (χ0n) is 14.4. The Labute approximate surface area is 141 Å². The molecule has 0 bridgehead atoms. The highest BCUT2D eigenvalue weighted by Gasteiger charge is 2.11. The molecule has 0 saturated carbocycles. The molecule has 7 heteroatoms. The van der Waals surface area contributed by atoms with E-state index in [0.717, 1.165) is 16.7 Å². The van der Waals surface area contributed by atoms with Crippen LogP contribution < -0.4 is 15.5 Å². The van der Waals surface area contributed by atoms with Gasteiger partial charge in [0.25, 0.3) is 0 Å². The van der Waals surface area contributed by atoms with Crippen molar-refractivity contribution in [1.29, 1.82) is 0 Å². The first-order valence-corrected chi connectivity index (χ1v) is 7.66. The predicted molar refractivity (Wildman–Crippen MR) is 94.3 cm³/mol. The van der Waals surface area contributed by atoms with Gasteiger partial charge in [0.2, 0.25) is 5.95 Å². The number of rotatable bonds is 5. The molecular formula is C17H23N5O2. The van der Waals surface area contributed by atoms with E-state index in [4.69, 9.17) is 0 Å². The Morgan fingerprint density at radius 3 is 2.54 bits per heavy atom. The molecule has 1 atom stereocenters. The Morgan fingerprint density at radius 1 is 1.25 bits per heavy atom. The molecule has 0 aliphatic carbocycles. The van der Waals surface area contributed by atoms with E-state index in [1.54, 1.807) is 12.3 Å². The van der Waals surface area contributed by atoms with Crippen molar-refractivity contribution in [2.24, 2.45) is 0 Å². The zero-order valence-corrected chi connectivity index (χ0v) is 14.4. The number of amides is 2. The van der Waals surface area contributed by atoms with Gasteiger partial charge in [0.1, 0.15) is 5.82 Å². The third-order valence-electron chi connectivity index (χ3n) is 3.41. The summed E-state index contributed by atoms with van der Waals surface area (Å²) in [5.41, 5.74) is 2.92. The Balaban J connectivity index is 1.92. The van der Waals surface area contributed by atoms with Gasteiger partial charge in [0, 0.05) is 26.8 Å². The normalized spacial score (nSPS) is 11.7. The average Bonchev–Trinajstić information content (AvgIpc) is 2.52. The molecule has 1 unspecified atom stereocenters. The molecule has 24 heavy (non-hydrogen) atoms. The molecule has 7 nitrogen and oxygen atoms in total. The Morgan fingerprint density at radius 2 is 1.92 bits per heavy atom. The number of nitrogens with zero attached hydrogens (tertiary/aromatic N) is 3. The van der Waals surface area contributed by atoms with E-state index in [2.05, 4.69) is 20.6 Å². The monoisotopic (exact) mass is 329 g/mol. The average molecular weight is 329 g/mol. The smallest absolute Gasteiger partial charge is 0.321 e. The number of anilines is 2. The van der Waals surface area contributed by atoms with Gasteiger partial charge in [-0.1, -0.05) is 29.3 Å². The van der Waals surface area contributed by atoms with Gasteiger partial charge in [-0.15, -0.1) is 0 Å². The lowest BCUT2D eigenvalue weighted by Gasteiger charge is -2.15. The maximum atomic E-state index is 11.9. The van der Waals surface area contributed by atoms with Crippen molar-refractivity contribution in [1.82, 2.24) is 15.3 Å². The third kappa shape index (κ3) is 4.92. The highest BCUT2D eigenvalue weighted by molar-refractivity contribution is 5.87. The van der Waals surface area contributed by atoms with E-state index >= 15 is 0 Å². The Hall–Kier alpha value is -2.67. The van der Waals surface area contributed by atoms with E-state index in [9.17, 15) is 9.90 Å². The fourth-order valence-electron chi connectivity index (χ4n) is 2.31. The molecular weight excluding hydrogens is 306 g/mol. The number of hydrogen-bond acceptors (Lipinski definition) is 5. The lowest BCUT2D eigenvalue weighted by atomic mass is 10.0. The van der Waals surface area contributed by atoms with Gasteiger partial charge in [-0.25, -0.2) is 9.78 Å². The van der Waals surface area contributed by atoms with Gasteiger partial charge in [0.15, 0.2) is 0 Å². The Kier molecular flexibility index (Phi) is 5.70. The first-order chi connectivity index (χ1) is 11.3. The second-order valence-corrected chi connectivity index (χ2v) is 5.90. The van der Waals surface area contributed by atoms with Gasteiger partial charge in [0.05, 0.1) is 6.10 Å². The van der Waals surface area contributed by atoms with Gasteiger partial charge in [-0.3, -0.25) is 5.32 Å². The molecule has 0 radical (unpaired) electrons. The molecule has 1 aromatic carbocycles. The summed E-state index contributed by atoms with van der Waals surface area (Å²) in [4.78, 5) is 21.9. The summed E-state index contributed by atoms with van der Waals surface area (Å²) in [5.74, 6) is 0.898. The van der Waals surface area contributed by atoms with Crippen molar-refractivity contribution in [2.75, 3.05) is 30.9 Å². The topological polar surface area (TPSA) is 90.4 Å². The maximum absolute atomic E-state index is 11.9. The molecule has 0 spiro atoms. The summed E-state index contributed by atoms with van der Waals surface area (Å²) in [5, 5.41) is 15.4. The van der Waals surface area contributed by atoms with E-state index in [0.29, 0.717) is 5.82 Å². The minimum atomic E-state index is -0.775. The van der Waals surface area contributed by atoms with Crippen LogP contribution in [0.5, 0.6) is 0 Å². The number of aliphatic hydroxyl groups is 1. The number of aromatic nitrogens is 2. The molecule has 0 aliphatic heterocycles. The SMILES string of the molecule is Cc1cc(C)cc(C(O)CNC(=O)Nc2nccc(N(C)C)n2)c1. The van der Waals surface area contributed by atoms with Crippen molar-refractivity contribution >= 4 is 17.8 Å². The molecule has 2 aromatic rings. The molecule has 1 aromatic heterocycles. The summed E-state index contributed by atoms with van der Waals surface area (Å²) in [6.45, 7) is 4.04. The fraction of sp³-hybridized carbons (Fsp3) is 0.353. The van der Waals surface area contributed by atoms with Crippen LogP contribution >= 0.6 is 0 Å². The number of urea groups is 1. The molecule has 0 saturated heterocycles. The number of carbonyl (C=O) groups excluding carboxylic acids is 1. The molecule has 0 fully saturated rings. The molecule has 3 N–H and O–H groups in total. The van der Waals surface area contributed by atoms with Crippen molar-refractivity contribution in [3.63, 3.8) is 0 Å². The summed E-state index contributed by atoms with van der Waals surface area (Å²) < 4.78 is 0. The number of hydrogen-bond donors (Lipinski definition) is 3. The molecule has 0 aliphatic rings. The van der Waals surface area contributed by atoms with E-state index in [1.807, 2.05) is 51.0 Å². The minimum Gasteiger partial charge on any atom is -0.387 e. The highest BCUT2D eigenvalue weighted by atomic mass is 16.3. The Bertz CT molecular complexity index is 698. The van der Waals surface area contributed by atoms with Crippen molar-refractivity contribution in [3.8, 4) is 0 Å². The number of aliphatic hydroxyl groups excluding tert-OH is 1.